The van der Waals surface area contributed by atoms with E-state index in [1.54, 1.807) is 45.0 Å². The Hall–Kier alpha value is -3.16. The number of carbonyl (C=O) groups is 3. The molecular weight excluding hydrogens is 396 g/mol. The molecule has 1 aliphatic rings. The van der Waals surface area contributed by atoms with Gasteiger partial charge in [-0.2, -0.15) is 0 Å². The van der Waals surface area contributed by atoms with Crippen LogP contribution in [-0.2, 0) is 16.1 Å². The lowest BCUT2D eigenvalue weighted by Crippen LogP contribution is -2.45. The molecule has 0 saturated carbocycles. The number of aromatic amines is 1. The van der Waals surface area contributed by atoms with E-state index in [0.717, 1.165) is 18.4 Å². The number of likely N-dealkylation sites (tertiary alicyclic amines) is 1. The van der Waals surface area contributed by atoms with Crippen molar-refractivity contribution >= 4 is 17.8 Å². The number of nitrogens with zero attached hydrogens (tertiary/aromatic N) is 2. The minimum atomic E-state index is -0.438. The van der Waals surface area contributed by atoms with Gasteiger partial charge in [0.15, 0.2) is 0 Å². The molecule has 2 aromatic heterocycles. The second-order valence-corrected chi connectivity index (χ2v) is 8.25. The normalized spacial score (nSPS) is 16.3. The molecule has 0 spiro atoms. The Balaban J connectivity index is 1.67. The lowest BCUT2D eigenvalue weighted by molar-refractivity contribution is -0.126. The molecule has 3 rings (SSSR count). The summed E-state index contributed by atoms with van der Waals surface area (Å²) in [6, 6.07) is 3.73. The highest BCUT2D eigenvalue weighted by Crippen LogP contribution is 2.24. The smallest absolute Gasteiger partial charge is 0.340 e. The van der Waals surface area contributed by atoms with E-state index in [4.69, 9.17) is 4.74 Å². The van der Waals surface area contributed by atoms with Crippen LogP contribution >= 0.6 is 0 Å². The highest BCUT2D eigenvalue weighted by atomic mass is 16.5. The number of hydrogen-bond donors (Lipinski definition) is 2. The fourth-order valence-electron chi connectivity index (χ4n) is 3.91. The second kappa shape index (κ2) is 9.76. The molecule has 8 nitrogen and oxygen atoms in total. The molecule has 2 N–H and O–H groups in total. The van der Waals surface area contributed by atoms with Crippen molar-refractivity contribution in [1.29, 1.82) is 0 Å². The standard InChI is InChI=1S/C23H30N4O4/c1-14(2)31-23(30)19-15(3)20(26-16(19)4)22(29)27-10-6-8-18(13-27)21(28)25-12-17-7-5-9-24-11-17/h5,7,9,11,14,18,26H,6,8,10,12-13H2,1-4H3,(H,25,28)/t18-/m1/s1. The summed E-state index contributed by atoms with van der Waals surface area (Å²) in [6.45, 7) is 8.41. The van der Waals surface area contributed by atoms with E-state index < -0.39 is 5.97 Å². The molecule has 1 atom stereocenters. The lowest BCUT2D eigenvalue weighted by atomic mass is 9.96. The van der Waals surface area contributed by atoms with Crippen LogP contribution in [0.4, 0.5) is 0 Å². The molecule has 0 radical (unpaired) electrons. The van der Waals surface area contributed by atoms with Gasteiger partial charge in [-0.05, 0) is 57.7 Å². The largest absolute Gasteiger partial charge is 0.459 e. The number of esters is 1. The van der Waals surface area contributed by atoms with E-state index in [0.29, 0.717) is 42.1 Å². The summed E-state index contributed by atoms with van der Waals surface area (Å²) in [6.07, 6.45) is 4.65. The number of rotatable bonds is 6. The van der Waals surface area contributed by atoms with Crippen LogP contribution in [0.15, 0.2) is 24.5 Å². The van der Waals surface area contributed by atoms with Gasteiger partial charge in [0.2, 0.25) is 5.91 Å². The molecule has 31 heavy (non-hydrogen) atoms. The number of hydrogen-bond acceptors (Lipinski definition) is 5. The number of nitrogens with one attached hydrogen (secondary N) is 2. The molecule has 0 unspecified atom stereocenters. The van der Waals surface area contributed by atoms with E-state index >= 15 is 0 Å². The van der Waals surface area contributed by atoms with Gasteiger partial charge >= 0.3 is 5.97 Å². The van der Waals surface area contributed by atoms with E-state index in [9.17, 15) is 14.4 Å². The Morgan fingerprint density at radius 1 is 1.32 bits per heavy atom. The molecule has 2 amide bonds. The monoisotopic (exact) mass is 426 g/mol. The molecule has 2 aromatic rings. The summed E-state index contributed by atoms with van der Waals surface area (Å²) < 4.78 is 5.31. The SMILES string of the molecule is Cc1[nH]c(C(=O)N2CCC[C@@H](C(=O)NCc3cccnc3)C2)c(C)c1C(=O)OC(C)C. The van der Waals surface area contributed by atoms with Gasteiger partial charge in [-0.1, -0.05) is 6.07 Å². The summed E-state index contributed by atoms with van der Waals surface area (Å²) >= 11 is 0. The first-order valence-corrected chi connectivity index (χ1v) is 10.6. The number of aryl methyl sites for hydroxylation is 1. The summed E-state index contributed by atoms with van der Waals surface area (Å²) in [7, 11) is 0. The zero-order valence-corrected chi connectivity index (χ0v) is 18.5. The Labute approximate surface area is 182 Å². The second-order valence-electron chi connectivity index (χ2n) is 8.25. The van der Waals surface area contributed by atoms with Crippen molar-refractivity contribution < 1.29 is 19.1 Å². The predicted molar refractivity (Wildman–Crippen MR) is 116 cm³/mol. The van der Waals surface area contributed by atoms with Gasteiger partial charge in [0.25, 0.3) is 5.91 Å². The van der Waals surface area contributed by atoms with Crippen molar-refractivity contribution in [3.63, 3.8) is 0 Å². The van der Waals surface area contributed by atoms with E-state index in [2.05, 4.69) is 15.3 Å². The number of piperidine rings is 1. The number of amides is 2. The van der Waals surface area contributed by atoms with Gasteiger partial charge in [-0.3, -0.25) is 14.6 Å². The minimum Gasteiger partial charge on any atom is -0.459 e. The first kappa shape index (κ1) is 22.5. The van der Waals surface area contributed by atoms with Crippen molar-refractivity contribution in [1.82, 2.24) is 20.2 Å². The Bertz CT molecular complexity index is 952. The van der Waals surface area contributed by atoms with Crippen LogP contribution in [0.25, 0.3) is 0 Å². The van der Waals surface area contributed by atoms with E-state index in [1.165, 1.54) is 0 Å². The maximum Gasteiger partial charge on any atom is 0.340 e. The van der Waals surface area contributed by atoms with Crippen molar-refractivity contribution in [2.75, 3.05) is 13.1 Å². The van der Waals surface area contributed by atoms with E-state index in [1.807, 2.05) is 12.1 Å². The quantitative estimate of drug-likeness (QED) is 0.691. The number of carbonyl (C=O) groups excluding carboxylic acids is 3. The molecule has 0 bridgehead atoms. The third-order valence-electron chi connectivity index (χ3n) is 5.47. The van der Waals surface area contributed by atoms with Crippen LogP contribution in [0.5, 0.6) is 0 Å². The zero-order chi connectivity index (χ0) is 22.5. The number of ether oxygens (including phenoxy) is 1. The van der Waals surface area contributed by atoms with Crippen molar-refractivity contribution in [2.24, 2.45) is 5.92 Å². The third-order valence-corrected chi connectivity index (χ3v) is 5.47. The molecule has 0 aliphatic carbocycles. The van der Waals surface area contributed by atoms with Crippen LogP contribution in [0.1, 0.15) is 64.4 Å². The van der Waals surface area contributed by atoms with Gasteiger partial charge in [-0.15, -0.1) is 0 Å². The highest BCUT2D eigenvalue weighted by molar-refractivity contribution is 6.00. The Kier molecular flexibility index (Phi) is 7.09. The maximum atomic E-state index is 13.2. The van der Waals surface area contributed by atoms with Gasteiger partial charge < -0.3 is 19.9 Å². The number of H-pyrrole nitrogens is 1. The van der Waals surface area contributed by atoms with Crippen molar-refractivity contribution in [3.05, 3.63) is 52.6 Å². The van der Waals surface area contributed by atoms with E-state index in [-0.39, 0.29) is 23.8 Å². The first-order valence-electron chi connectivity index (χ1n) is 10.6. The fraction of sp³-hybridized carbons (Fsp3) is 0.478. The fourth-order valence-corrected chi connectivity index (χ4v) is 3.91. The average Bonchev–Trinajstić information content (AvgIpc) is 3.05. The zero-order valence-electron chi connectivity index (χ0n) is 18.5. The predicted octanol–water partition coefficient (Wildman–Crippen LogP) is 2.76. The van der Waals surface area contributed by atoms with Crippen LogP contribution in [0.3, 0.4) is 0 Å². The molecule has 0 aromatic carbocycles. The molecule has 166 valence electrons. The first-order chi connectivity index (χ1) is 14.8. The molecule has 8 heteroatoms. The van der Waals surface area contributed by atoms with Crippen LogP contribution < -0.4 is 5.32 Å². The molecule has 1 fully saturated rings. The summed E-state index contributed by atoms with van der Waals surface area (Å²) in [5.41, 5.74) is 2.90. The summed E-state index contributed by atoms with van der Waals surface area (Å²) in [5.74, 6) is -0.974. The number of aromatic nitrogens is 2. The molecule has 3 heterocycles. The maximum absolute atomic E-state index is 13.2. The lowest BCUT2D eigenvalue weighted by Gasteiger charge is -2.32. The van der Waals surface area contributed by atoms with Crippen LogP contribution in [-0.4, -0.2) is 51.8 Å². The summed E-state index contributed by atoms with van der Waals surface area (Å²) in [5, 5.41) is 2.94. The van der Waals surface area contributed by atoms with Gasteiger partial charge in [0.05, 0.1) is 17.6 Å². The molecule has 1 saturated heterocycles. The Morgan fingerprint density at radius 2 is 2.10 bits per heavy atom. The Morgan fingerprint density at radius 3 is 2.77 bits per heavy atom. The van der Waals surface area contributed by atoms with Crippen LogP contribution in [0.2, 0.25) is 0 Å². The van der Waals surface area contributed by atoms with Gasteiger partial charge in [0.1, 0.15) is 5.69 Å². The summed E-state index contributed by atoms with van der Waals surface area (Å²) in [4.78, 5) is 47.0. The third kappa shape index (κ3) is 5.31. The minimum absolute atomic E-state index is 0.0676. The van der Waals surface area contributed by atoms with Crippen molar-refractivity contribution in [3.8, 4) is 0 Å². The molecule has 1 aliphatic heterocycles. The van der Waals surface area contributed by atoms with Crippen molar-refractivity contribution in [2.45, 2.75) is 53.2 Å². The molecular formula is C23H30N4O4. The number of pyridine rings is 1. The average molecular weight is 427 g/mol. The highest BCUT2D eigenvalue weighted by Gasteiger charge is 2.31. The topological polar surface area (TPSA) is 104 Å². The van der Waals surface area contributed by atoms with Crippen LogP contribution in [0, 0.1) is 19.8 Å². The van der Waals surface area contributed by atoms with Gasteiger partial charge in [0, 0.05) is 37.7 Å². The van der Waals surface area contributed by atoms with Gasteiger partial charge in [-0.25, -0.2) is 4.79 Å².